The molecule has 0 aromatic carbocycles. The molecule has 0 aromatic heterocycles. The van der Waals surface area contributed by atoms with Gasteiger partial charge in [-0.1, -0.05) is 25.0 Å². The van der Waals surface area contributed by atoms with Crippen LogP contribution in [0.3, 0.4) is 0 Å². The Morgan fingerprint density at radius 2 is 2.14 bits per heavy atom. The topological polar surface area (TPSA) is 37.3 Å². The van der Waals surface area contributed by atoms with E-state index in [1.54, 1.807) is 0 Å². The molecule has 1 N–H and O–H groups in total. The predicted octanol–water partition coefficient (Wildman–Crippen LogP) is 3.23. The summed E-state index contributed by atoms with van der Waals surface area (Å²) in [6, 6.07) is 0. The van der Waals surface area contributed by atoms with E-state index in [0.717, 1.165) is 6.42 Å². The second-order valence-electron chi connectivity index (χ2n) is 4.17. The van der Waals surface area contributed by atoms with Crippen molar-refractivity contribution in [3.05, 3.63) is 12.2 Å². The van der Waals surface area contributed by atoms with Crippen molar-refractivity contribution in [3.8, 4) is 0 Å². The molecular formula is C12H20O2. The minimum Gasteiger partial charge on any atom is -0.481 e. The van der Waals surface area contributed by atoms with Gasteiger partial charge in [-0.25, -0.2) is 0 Å². The van der Waals surface area contributed by atoms with Gasteiger partial charge in [-0.05, 0) is 38.0 Å². The first-order valence-corrected chi connectivity index (χ1v) is 5.58. The minimum atomic E-state index is -0.658. The van der Waals surface area contributed by atoms with Crippen molar-refractivity contribution < 1.29 is 9.90 Å². The van der Waals surface area contributed by atoms with Crippen LogP contribution in [0.4, 0.5) is 0 Å². The summed E-state index contributed by atoms with van der Waals surface area (Å²) in [5.74, 6) is 0.582. The Balaban J connectivity index is 2.41. The van der Waals surface area contributed by atoms with Crippen molar-refractivity contribution >= 4 is 5.97 Å². The number of hydrogen-bond donors (Lipinski definition) is 1. The first kappa shape index (κ1) is 11.3. The zero-order valence-electron chi connectivity index (χ0n) is 8.91. The molecule has 2 nitrogen and oxygen atoms in total. The Bertz CT molecular complexity index is 208. The standard InChI is InChI=1S/C12H20O2/c1-2-5-10-6-3-4-7-11(10)8-9-12(13)14/h2,5,10-11H,3-4,6-9H2,1H3,(H,13,14). The number of rotatable bonds is 4. The van der Waals surface area contributed by atoms with Crippen LogP contribution in [-0.4, -0.2) is 11.1 Å². The van der Waals surface area contributed by atoms with E-state index in [1.165, 1.54) is 25.7 Å². The van der Waals surface area contributed by atoms with Crippen molar-refractivity contribution in [2.75, 3.05) is 0 Å². The molecule has 2 heteroatoms. The lowest BCUT2D eigenvalue weighted by atomic mass is 9.77. The second kappa shape index (κ2) is 5.84. The monoisotopic (exact) mass is 196 g/mol. The van der Waals surface area contributed by atoms with Crippen LogP contribution >= 0.6 is 0 Å². The summed E-state index contributed by atoms with van der Waals surface area (Å²) in [5, 5.41) is 8.64. The quantitative estimate of drug-likeness (QED) is 0.701. The molecule has 0 amide bonds. The summed E-state index contributed by atoms with van der Waals surface area (Å²) in [5.41, 5.74) is 0. The van der Waals surface area contributed by atoms with Crippen LogP contribution in [0.25, 0.3) is 0 Å². The van der Waals surface area contributed by atoms with Crippen LogP contribution in [0, 0.1) is 11.8 Å². The molecule has 0 aromatic rings. The first-order valence-electron chi connectivity index (χ1n) is 5.58. The molecule has 1 saturated carbocycles. The average Bonchev–Trinajstić information content (AvgIpc) is 2.17. The molecule has 1 rings (SSSR count). The lowest BCUT2D eigenvalue weighted by Crippen LogP contribution is -2.18. The highest BCUT2D eigenvalue weighted by atomic mass is 16.4. The van der Waals surface area contributed by atoms with E-state index in [-0.39, 0.29) is 0 Å². The third-order valence-electron chi connectivity index (χ3n) is 3.14. The third-order valence-corrected chi connectivity index (χ3v) is 3.14. The maximum atomic E-state index is 10.5. The van der Waals surface area contributed by atoms with Gasteiger partial charge < -0.3 is 5.11 Å². The molecule has 0 saturated heterocycles. The first-order chi connectivity index (χ1) is 6.74. The van der Waals surface area contributed by atoms with Gasteiger partial charge in [-0.3, -0.25) is 4.79 Å². The summed E-state index contributed by atoms with van der Waals surface area (Å²) in [6.45, 7) is 2.04. The fraction of sp³-hybridized carbons (Fsp3) is 0.750. The number of aliphatic carboxylic acids is 1. The summed E-state index contributed by atoms with van der Waals surface area (Å²) < 4.78 is 0. The lowest BCUT2D eigenvalue weighted by molar-refractivity contribution is -0.137. The Morgan fingerprint density at radius 1 is 1.43 bits per heavy atom. The van der Waals surface area contributed by atoms with E-state index >= 15 is 0 Å². The van der Waals surface area contributed by atoms with E-state index in [0.29, 0.717) is 18.3 Å². The lowest BCUT2D eigenvalue weighted by Gasteiger charge is -2.29. The Hall–Kier alpha value is -0.790. The van der Waals surface area contributed by atoms with Crippen molar-refractivity contribution in [2.24, 2.45) is 11.8 Å². The molecule has 0 heterocycles. The SMILES string of the molecule is CC=CC1CCCCC1CCC(=O)O. The highest BCUT2D eigenvalue weighted by Gasteiger charge is 2.22. The van der Waals surface area contributed by atoms with Crippen LogP contribution in [0.2, 0.25) is 0 Å². The van der Waals surface area contributed by atoms with Crippen LogP contribution in [0.5, 0.6) is 0 Å². The normalized spacial score (nSPS) is 28.1. The van der Waals surface area contributed by atoms with Gasteiger partial charge in [0.25, 0.3) is 0 Å². The molecule has 1 fully saturated rings. The average molecular weight is 196 g/mol. The predicted molar refractivity (Wildman–Crippen MR) is 57.1 cm³/mol. The van der Waals surface area contributed by atoms with Crippen molar-refractivity contribution in [3.63, 3.8) is 0 Å². The maximum Gasteiger partial charge on any atom is 0.303 e. The maximum absolute atomic E-state index is 10.5. The fourth-order valence-corrected chi connectivity index (χ4v) is 2.40. The van der Waals surface area contributed by atoms with Crippen LogP contribution in [0.1, 0.15) is 45.4 Å². The Morgan fingerprint density at radius 3 is 2.79 bits per heavy atom. The van der Waals surface area contributed by atoms with Gasteiger partial charge in [0.15, 0.2) is 0 Å². The minimum absolute atomic E-state index is 0.332. The van der Waals surface area contributed by atoms with E-state index in [2.05, 4.69) is 12.2 Å². The van der Waals surface area contributed by atoms with Crippen LogP contribution in [0.15, 0.2) is 12.2 Å². The van der Waals surface area contributed by atoms with Gasteiger partial charge >= 0.3 is 5.97 Å². The third kappa shape index (κ3) is 3.52. The highest BCUT2D eigenvalue weighted by Crippen LogP contribution is 2.33. The molecule has 80 valence electrons. The van der Waals surface area contributed by atoms with Gasteiger partial charge in [-0.2, -0.15) is 0 Å². The number of allylic oxidation sites excluding steroid dienone is 2. The molecular weight excluding hydrogens is 176 g/mol. The van der Waals surface area contributed by atoms with Gasteiger partial charge in [0.2, 0.25) is 0 Å². The largest absolute Gasteiger partial charge is 0.481 e. The van der Waals surface area contributed by atoms with Crippen LogP contribution in [-0.2, 0) is 4.79 Å². The molecule has 0 bridgehead atoms. The van der Waals surface area contributed by atoms with E-state index in [4.69, 9.17) is 5.11 Å². The van der Waals surface area contributed by atoms with Crippen molar-refractivity contribution in [1.29, 1.82) is 0 Å². The highest BCUT2D eigenvalue weighted by molar-refractivity contribution is 5.66. The number of carboxylic acids is 1. The number of carbonyl (C=O) groups is 1. The van der Waals surface area contributed by atoms with Gasteiger partial charge in [-0.15, -0.1) is 0 Å². The zero-order chi connectivity index (χ0) is 10.4. The van der Waals surface area contributed by atoms with E-state index < -0.39 is 5.97 Å². The smallest absolute Gasteiger partial charge is 0.303 e. The summed E-state index contributed by atoms with van der Waals surface area (Å²) in [7, 11) is 0. The molecule has 0 radical (unpaired) electrons. The Labute approximate surface area is 86.0 Å². The van der Waals surface area contributed by atoms with E-state index in [9.17, 15) is 4.79 Å². The molecule has 2 unspecified atom stereocenters. The molecule has 14 heavy (non-hydrogen) atoms. The molecule has 0 aliphatic heterocycles. The molecule has 0 spiro atoms. The van der Waals surface area contributed by atoms with Crippen LogP contribution < -0.4 is 0 Å². The molecule has 2 atom stereocenters. The Kier molecular flexibility index (Phi) is 4.71. The van der Waals surface area contributed by atoms with Gasteiger partial charge in [0.05, 0.1) is 0 Å². The van der Waals surface area contributed by atoms with Crippen molar-refractivity contribution in [1.82, 2.24) is 0 Å². The summed E-state index contributed by atoms with van der Waals surface area (Å²) >= 11 is 0. The second-order valence-corrected chi connectivity index (χ2v) is 4.17. The fourth-order valence-electron chi connectivity index (χ4n) is 2.40. The summed E-state index contributed by atoms with van der Waals surface area (Å²) in [6.07, 6.45) is 10.6. The number of hydrogen-bond acceptors (Lipinski definition) is 1. The van der Waals surface area contributed by atoms with E-state index in [1.807, 2.05) is 6.92 Å². The van der Waals surface area contributed by atoms with Crippen molar-refractivity contribution in [2.45, 2.75) is 45.4 Å². The number of carboxylic acid groups (broad SMARTS) is 1. The van der Waals surface area contributed by atoms with Gasteiger partial charge in [0, 0.05) is 6.42 Å². The zero-order valence-corrected chi connectivity index (χ0v) is 8.91. The summed E-state index contributed by atoms with van der Waals surface area (Å²) in [4.78, 5) is 10.5. The molecule has 1 aliphatic carbocycles. The van der Waals surface area contributed by atoms with Gasteiger partial charge in [0.1, 0.15) is 0 Å². The molecule has 1 aliphatic rings.